The number of hydrogen-bond acceptors (Lipinski definition) is 4. The van der Waals surface area contributed by atoms with E-state index >= 15 is 0 Å². The first-order valence-electron chi connectivity index (χ1n) is 5.14. The van der Waals surface area contributed by atoms with Crippen molar-refractivity contribution in [3.8, 4) is 0 Å². The molecule has 90 valence electrons. The van der Waals surface area contributed by atoms with Gasteiger partial charge in [0.2, 0.25) is 5.91 Å². The molecular weight excluding hydrogens is 246 g/mol. The van der Waals surface area contributed by atoms with E-state index in [1.165, 1.54) is 11.3 Å². The monoisotopic (exact) mass is 261 g/mol. The Hall–Kier alpha value is -0.810. The topological polar surface area (TPSA) is 54.0 Å². The van der Waals surface area contributed by atoms with Crippen LogP contribution in [0.25, 0.3) is 0 Å². The lowest BCUT2D eigenvalue weighted by Gasteiger charge is -2.14. The van der Waals surface area contributed by atoms with Crippen LogP contribution in [0.2, 0.25) is 5.15 Å². The average Bonchev–Trinajstić information content (AvgIpc) is 2.60. The van der Waals surface area contributed by atoms with Crippen molar-refractivity contribution in [1.29, 1.82) is 0 Å². The highest BCUT2D eigenvalue weighted by Gasteiger charge is 2.13. The van der Waals surface area contributed by atoms with Gasteiger partial charge in [-0.25, -0.2) is 4.98 Å². The van der Waals surface area contributed by atoms with Crippen LogP contribution >= 0.6 is 22.9 Å². The number of amides is 1. The van der Waals surface area contributed by atoms with Crippen LogP contribution < -0.4 is 10.6 Å². The van der Waals surface area contributed by atoms with Gasteiger partial charge < -0.3 is 10.6 Å². The molecule has 0 aromatic carbocycles. The van der Waals surface area contributed by atoms with Gasteiger partial charge in [-0.1, -0.05) is 25.4 Å². The summed E-state index contributed by atoms with van der Waals surface area (Å²) >= 11 is 7.07. The van der Waals surface area contributed by atoms with E-state index in [2.05, 4.69) is 29.5 Å². The minimum absolute atomic E-state index is 0.0278. The molecule has 1 amide bonds. The summed E-state index contributed by atoms with van der Waals surface area (Å²) in [5.74, 6) is 0.422. The zero-order valence-electron chi connectivity index (χ0n) is 9.58. The number of nitrogens with one attached hydrogen (secondary N) is 2. The highest BCUT2D eigenvalue weighted by Crippen LogP contribution is 2.19. The number of carbonyl (C=O) groups excluding carboxylic acids is 1. The molecule has 1 heterocycles. The van der Waals surface area contributed by atoms with Gasteiger partial charge >= 0.3 is 0 Å². The second-order valence-electron chi connectivity index (χ2n) is 3.98. The molecule has 0 aliphatic rings. The maximum atomic E-state index is 11.6. The number of anilines is 1. The molecule has 1 unspecified atom stereocenters. The molecule has 16 heavy (non-hydrogen) atoms. The molecule has 0 fully saturated rings. The molecule has 6 heteroatoms. The highest BCUT2D eigenvalue weighted by atomic mass is 35.5. The van der Waals surface area contributed by atoms with Crippen molar-refractivity contribution < 1.29 is 4.79 Å². The van der Waals surface area contributed by atoms with E-state index in [1.54, 1.807) is 12.3 Å². The quantitative estimate of drug-likeness (QED) is 0.856. The summed E-state index contributed by atoms with van der Waals surface area (Å²) in [5.41, 5.74) is 0. The molecule has 4 nitrogen and oxygen atoms in total. The molecule has 1 aromatic heterocycles. The van der Waals surface area contributed by atoms with Gasteiger partial charge in [0.05, 0.1) is 0 Å². The summed E-state index contributed by atoms with van der Waals surface area (Å²) < 4.78 is 0. The van der Waals surface area contributed by atoms with Gasteiger partial charge in [0.25, 0.3) is 0 Å². The standard InChI is InChI=1S/C10H16ClN3OS/c1-6(2)4-12-9(15)7(3)13-10-14-8(11)5-16-10/h5-7H,4H2,1-3H3,(H,12,15)(H,13,14). The number of carbonyl (C=O) groups is 1. The second-order valence-corrected chi connectivity index (χ2v) is 5.23. The minimum Gasteiger partial charge on any atom is -0.354 e. The number of nitrogens with zero attached hydrogens (tertiary/aromatic N) is 1. The fourth-order valence-corrected chi connectivity index (χ4v) is 1.95. The van der Waals surface area contributed by atoms with E-state index in [1.807, 2.05) is 0 Å². The van der Waals surface area contributed by atoms with Crippen molar-refractivity contribution in [2.75, 3.05) is 11.9 Å². The van der Waals surface area contributed by atoms with Crippen LogP contribution in [0.5, 0.6) is 0 Å². The van der Waals surface area contributed by atoms with E-state index in [4.69, 9.17) is 11.6 Å². The minimum atomic E-state index is -0.305. The van der Waals surface area contributed by atoms with Gasteiger partial charge in [-0.05, 0) is 12.8 Å². The molecule has 0 radical (unpaired) electrons. The number of rotatable bonds is 5. The third kappa shape index (κ3) is 4.37. The van der Waals surface area contributed by atoms with Crippen LogP contribution in [0.3, 0.4) is 0 Å². The lowest BCUT2D eigenvalue weighted by molar-refractivity contribution is -0.121. The SMILES string of the molecule is CC(C)CNC(=O)C(C)Nc1nc(Cl)cs1. The van der Waals surface area contributed by atoms with Gasteiger partial charge in [-0.3, -0.25) is 4.79 Å². The Labute approximate surface area is 104 Å². The van der Waals surface area contributed by atoms with Crippen LogP contribution in [-0.4, -0.2) is 23.5 Å². The second kappa shape index (κ2) is 6.06. The van der Waals surface area contributed by atoms with Crippen molar-refractivity contribution >= 4 is 34.0 Å². The van der Waals surface area contributed by atoms with E-state index < -0.39 is 0 Å². The van der Waals surface area contributed by atoms with Crippen molar-refractivity contribution in [2.24, 2.45) is 5.92 Å². The van der Waals surface area contributed by atoms with E-state index in [0.29, 0.717) is 22.7 Å². The molecule has 0 spiro atoms. The summed E-state index contributed by atoms with van der Waals surface area (Å²) in [6.45, 7) is 6.59. The zero-order chi connectivity index (χ0) is 12.1. The Bertz CT molecular complexity index is 354. The normalized spacial score (nSPS) is 12.6. The summed E-state index contributed by atoms with van der Waals surface area (Å²) in [7, 11) is 0. The number of halogens is 1. The predicted octanol–water partition coefficient (Wildman–Crippen LogP) is 2.37. The van der Waals surface area contributed by atoms with Crippen LogP contribution in [0.1, 0.15) is 20.8 Å². The largest absolute Gasteiger partial charge is 0.354 e. The number of aromatic nitrogens is 1. The van der Waals surface area contributed by atoms with Gasteiger partial charge in [-0.15, -0.1) is 11.3 Å². The smallest absolute Gasteiger partial charge is 0.242 e. The molecule has 0 bridgehead atoms. The maximum Gasteiger partial charge on any atom is 0.242 e. The lowest BCUT2D eigenvalue weighted by atomic mass is 10.2. The average molecular weight is 262 g/mol. The first-order valence-corrected chi connectivity index (χ1v) is 6.40. The molecular formula is C10H16ClN3OS. The Morgan fingerprint density at radius 2 is 2.25 bits per heavy atom. The summed E-state index contributed by atoms with van der Waals surface area (Å²) in [6, 6.07) is -0.305. The predicted molar refractivity (Wildman–Crippen MR) is 68.1 cm³/mol. The third-order valence-electron chi connectivity index (χ3n) is 1.89. The summed E-state index contributed by atoms with van der Waals surface area (Å²) in [4.78, 5) is 15.7. The molecule has 0 saturated carbocycles. The van der Waals surface area contributed by atoms with E-state index in [9.17, 15) is 4.79 Å². The third-order valence-corrected chi connectivity index (χ3v) is 2.99. The Kier molecular flexibility index (Phi) is 5.02. The Balaban J connectivity index is 2.39. The molecule has 0 saturated heterocycles. The maximum absolute atomic E-state index is 11.6. The van der Waals surface area contributed by atoms with Crippen LogP contribution in [-0.2, 0) is 4.79 Å². The van der Waals surface area contributed by atoms with Gasteiger partial charge in [-0.2, -0.15) is 0 Å². The molecule has 1 aromatic rings. The van der Waals surface area contributed by atoms with Crippen LogP contribution in [0.4, 0.5) is 5.13 Å². The van der Waals surface area contributed by atoms with Crippen LogP contribution in [0, 0.1) is 5.92 Å². The van der Waals surface area contributed by atoms with Crippen molar-refractivity contribution in [3.05, 3.63) is 10.5 Å². The van der Waals surface area contributed by atoms with Crippen molar-refractivity contribution in [1.82, 2.24) is 10.3 Å². The molecule has 2 N–H and O–H groups in total. The van der Waals surface area contributed by atoms with Crippen molar-refractivity contribution in [2.45, 2.75) is 26.8 Å². The first-order chi connectivity index (χ1) is 7.49. The number of hydrogen-bond donors (Lipinski definition) is 2. The fraction of sp³-hybridized carbons (Fsp3) is 0.600. The lowest BCUT2D eigenvalue weighted by Crippen LogP contribution is -2.39. The summed E-state index contributed by atoms with van der Waals surface area (Å²) in [5, 5.41) is 8.68. The van der Waals surface area contributed by atoms with E-state index in [-0.39, 0.29) is 11.9 Å². The highest BCUT2D eigenvalue weighted by molar-refractivity contribution is 7.14. The first kappa shape index (κ1) is 13.3. The van der Waals surface area contributed by atoms with Gasteiger partial charge in [0.1, 0.15) is 11.2 Å². The molecule has 1 atom stereocenters. The van der Waals surface area contributed by atoms with E-state index in [0.717, 1.165) is 0 Å². The molecule has 0 aliphatic carbocycles. The summed E-state index contributed by atoms with van der Waals surface area (Å²) in [6.07, 6.45) is 0. The molecule has 1 rings (SSSR count). The van der Waals surface area contributed by atoms with Gasteiger partial charge in [0.15, 0.2) is 5.13 Å². The Morgan fingerprint density at radius 1 is 1.56 bits per heavy atom. The Morgan fingerprint density at radius 3 is 2.75 bits per heavy atom. The van der Waals surface area contributed by atoms with Gasteiger partial charge in [0, 0.05) is 11.9 Å². The van der Waals surface area contributed by atoms with Crippen LogP contribution in [0.15, 0.2) is 5.38 Å². The number of thiazole rings is 1. The fourth-order valence-electron chi connectivity index (χ4n) is 1.03. The molecule has 0 aliphatic heterocycles. The van der Waals surface area contributed by atoms with Crippen molar-refractivity contribution in [3.63, 3.8) is 0 Å². The zero-order valence-corrected chi connectivity index (χ0v) is 11.2.